The predicted octanol–water partition coefficient (Wildman–Crippen LogP) is 0.465. The van der Waals surface area contributed by atoms with Crippen molar-refractivity contribution in [3.05, 3.63) is 34.2 Å². The van der Waals surface area contributed by atoms with Crippen LogP contribution in [0.1, 0.15) is 29.6 Å². The highest BCUT2D eigenvalue weighted by Gasteiger charge is 2.33. The first-order valence-corrected chi connectivity index (χ1v) is 6.18. The molecule has 19 heavy (non-hydrogen) atoms. The molecule has 0 atom stereocenters. The number of carbonyl (C=O) groups is 2. The van der Waals surface area contributed by atoms with Crippen LogP contribution in [0.4, 0.5) is 0 Å². The molecule has 102 valence electrons. The molecule has 1 aromatic heterocycles. The van der Waals surface area contributed by atoms with Crippen LogP contribution in [0.2, 0.25) is 0 Å². The number of carboxylic acids is 1. The number of rotatable bonds is 5. The number of pyridine rings is 1. The third-order valence-corrected chi connectivity index (χ3v) is 3.17. The molecular formula is C13H16N2O4. The van der Waals surface area contributed by atoms with Gasteiger partial charge in [0.25, 0.3) is 11.5 Å². The van der Waals surface area contributed by atoms with Gasteiger partial charge in [-0.25, -0.2) is 0 Å². The number of nitrogens with zero attached hydrogens (tertiary/aromatic N) is 2. The summed E-state index contributed by atoms with van der Waals surface area (Å²) in [5.74, 6) is -1.19. The van der Waals surface area contributed by atoms with E-state index in [0.29, 0.717) is 5.56 Å². The van der Waals surface area contributed by atoms with Gasteiger partial charge in [-0.05, 0) is 18.9 Å². The quantitative estimate of drug-likeness (QED) is 0.838. The SMILES string of the molecule is Cn1ccc(C(=O)N(CCC(=O)O)C2CC2)cc1=O. The molecule has 1 aromatic rings. The number of aliphatic carboxylic acids is 1. The van der Waals surface area contributed by atoms with Crippen molar-refractivity contribution in [2.24, 2.45) is 7.05 Å². The van der Waals surface area contributed by atoms with Crippen LogP contribution in [0.3, 0.4) is 0 Å². The zero-order valence-corrected chi connectivity index (χ0v) is 10.7. The minimum atomic E-state index is -0.928. The fourth-order valence-corrected chi connectivity index (χ4v) is 1.90. The number of carbonyl (C=O) groups excluding carboxylic acids is 1. The lowest BCUT2D eigenvalue weighted by Gasteiger charge is -2.21. The van der Waals surface area contributed by atoms with Gasteiger partial charge in [0.05, 0.1) is 6.42 Å². The summed E-state index contributed by atoms with van der Waals surface area (Å²) in [5, 5.41) is 8.71. The maximum Gasteiger partial charge on any atom is 0.305 e. The molecule has 1 N–H and O–H groups in total. The minimum Gasteiger partial charge on any atom is -0.481 e. The molecule has 1 aliphatic carbocycles. The molecule has 1 fully saturated rings. The summed E-state index contributed by atoms with van der Waals surface area (Å²) in [6, 6.07) is 2.99. The fourth-order valence-electron chi connectivity index (χ4n) is 1.90. The highest BCUT2D eigenvalue weighted by atomic mass is 16.4. The highest BCUT2D eigenvalue weighted by Crippen LogP contribution is 2.28. The second-order valence-electron chi connectivity index (χ2n) is 4.74. The van der Waals surface area contributed by atoms with E-state index in [2.05, 4.69) is 0 Å². The lowest BCUT2D eigenvalue weighted by Crippen LogP contribution is -2.35. The molecule has 0 spiro atoms. The van der Waals surface area contributed by atoms with Crippen LogP contribution in [-0.2, 0) is 11.8 Å². The zero-order valence-electron chi connectivity index (χ0n) is 10.7. The van der Waals surface area contributed by atoms with E-state index in [1.165, 1.54) is 16.8 Å². The van der Waals surface area contributed by atoms with Crippen LogP contribution in [0.25, 0.3) is 0 Å². The van der Waals surface area contributed by atoms with Crippen molar-refractivity contribution in [1.29, 1.82) is 0 Å². The number of amides is 1. The number of carboxylic acid groups (broad SMARTS) is 1. The van der Waals surface area contributed by atoms with Gasteiger partial charge in [0.15, 0.2) is 0 Å². The van der Waals surface area contributed by atoms with E-state index in [9.17, 15) is 14.4 Å². The molecule has 2 rings (SSSR count). The van der Waals surface area contributed by atoms with Gasteiger partial charge in [-0.1, -0.05) is 0 Å². The van der Waals surface area contributed by atoms with Crippen LogP contribution < -0.4 is 5.56 Å². The molecule has 6 nitrogen and oxygen atoms in total. The largest absolute Gasteiger partial charge is 0.481 e. The third-order valence-electron chi connectivity index (χ3n) is 3.17. The molecule has 0 aromatic carbocycles. The molecule has 0 saturated heterocycles. The van der Waals surface area contributed by atoms with E-state index in [4.69, 9.17) is 5.11 Å². The second kappa shape index (κ2) is 5.26. The Labute approximate surface area is 110 Å². The van der Waals surface area contributed by atoms with Gasteiger partial charge in [-0.15, -0.1) is 0 Å². The molecule has 1 saturated carbocycles. The topological polar surface area (TPSA) is 79.6 Å². The molecule has 1 amide bonds. The first-order valence-electron chi connectivity index (χ1n) is 6.18. The Kier molecular flexibility index (Phi) is 3.69. The van der Waals surface area contributed by atoms with E-state index in [-0.39, 0.29) is 30.5 Å². The van der Waals surface area contributed by atoms with E-state index < -0.39 is 5.97 Å². The molecule has 0 radical (unpaired) electrons. The Morgan fingerprint density at radius 2 is 2.16 bits per heavy atom. The number of aryl methyl sites for hydroxylation is 1. The molecule has 0 aliphatic heterocycles. The van der Waals surface area contributed by atoms with Crippen molar-refractivity contribution in [3.8, 4) is 0 Å². The van der Waals surface area contributed by atoms with Gasteiger partial charge >= 0.3 is 5.97 Å². The van der Waals surface area contributed by atoms with Crippen molar-refractivity contribution in [2.75, 3.05) is 6.54 Å². The fraction of sp³-hybridized carbons (Fsp3) is 0.462. The van der Waals surface area contributed by atoms with E-state index in [1.807, 2.05) is 0 Å². The van der Waals surface area contributed by atoms with Crippen molar-refractivity contribution in [1.82, 2.24) is 9.47 Å². The van der Waals surface area contributed by atoms with Gasteiger partial charge in [0.2, 0.25) is 0 Å². The van der Waals surface area contributed by atoms with E-state index >= 15 is 0 Å². The average molecular weight is 264 g/mol. The molecule has 6 heteroatoms. The summed E-state index contributed by atoms with van der Waals surface area (Å²) in [7, 11) is 1.61. The molecule has 0 bridgehead atoms. The van der Waals surface area contributed by atoms with Crippen molar-refractivity contribution >= 4 is 11.9 Å². The van der Waals surface area contributed by atoms with Crippen molar-refractivity contribution in [3.63, 3.8) is 0 Å². The maximum absolute atomic E-state index is 12.3. The molecule has 1 heterocycles. The number of hydrogen-bond acceptors (Lipinski definition) is 3. The summed E-state index contributed by atoms with van der Waals surface area (Å²) in [6.45, 7) is 0.189. The maximum atomic E-state index is 12.3. The van der Waals surface area contributed by atoms with Crippen LogP contribution >= 0.6 is 0 Å². The average Bonchev–Trinajstić information content (AvgIpc) is 3.16. The summed E-state index contributed by atoms with van der Waals surface area (Å²) in [6.07, 6.45) is 3.26. The lowest BCUT2D eigenvalue weighted by atomic mass is 10.2. The smallest absolute Gasteiger partial charge is 0.305 e. The standard InChI is InChI=1S/C13H16N2O4/c1-14-6-4-9(8-11(14)16)13(19)15(10-2-3-10)7-5-12(17)18/h4,6,8,10H,2-3,5,7H2,1H3,(H,17,18). The Balaban J connectivity index is 2.16. The Hall–Kier alpha value is -2.11. The summed E-state index contributed by atoms with van der Waals surface area (Å²) in [5.41, 5.74) is 0.0696. The Morgan fingerprint density at radius 1 is 1.47 bits per heavy atom. The van der Waals surface area contributed by atoms with Gasteiger partial charge in [-0.2, -0.15) is 0 Å². The Bertz CT molecular complexity index is 560. The summed E-state index contributed by atoms with van der Waals surface area (Å²) in [4.78, 5) is 36.0. The van der Waals surface area contributed by atoms with Gasteiger partial charge in [0, 0.05) is 37.5 Å². The molecule has 1 aliphatic rings. The molecular weight excluding hydrogens is 248 g/mol. The lowest BCUT2D eigenvalue weighted by molar-refractivity contribution is -0.137. The normalized spacial score (nSPS) is 14.2. The number of hydrogen-bond donors (Lipinski definition) is 1. The van der Waals surface area contributed by atoms with E-state index in [0.717, 1.165) is 12.8 Å². The van der Waals surface area contributed by atoms with Gasteiger partial charge < -0.3 is 14.6 Å². The van der Waals surface area contributed by atoms with E-state index in [1.54, 1.807) is 18.0 Å². The van der Waals surface area contributed by atoms with Gasteiger partial charge in [0.1, 0.15) is 0 Å². The molecule has 0 unspecified atom stereocenters. The van der Waals surface area contributed by atoms with Crippen molar-refractivity contribution in [2.45, 2.75) is 25.3 Å². The van der Waals surface area contributed by atoms with Gasteiger partial charge in [-0.3, -0.25) is 14.4 Å². The zero-order chi connectivity index (χ0) is 14.0. The summed E-state index contributed by atoms with van der Waals surface area (Å²) < 4.78 is 1.38. The van der Waals surface area contributed by atoms with Crippen molar-refractivity contribution < 1.29 is 14.7 Å². The monoisotopic (exact) mass is 264 g/mol. The minimum absolute atomic E-state index is 0.0763. The van der Waals surface area contributed by atoms with Crippen LogP contribution in [0.5, 0.6) is 0 Å². The Morgan fingerprint density at radius 3 is 2.68 bits per heavy atom. The van der Waals surface area contributed by atoms with Crippen LogP contribution in [-0.4, -0.2) is 39.0 Å². The summed E-state index contributed by atoms with van der Waals surface area (Å²) >= 11 is 0. The second-order valence-corrected chi connectivity index (χ2v) is 4.74. The third kappa shape index (κ3) is 3.21. The van der Waals surface area contributed by atoms with Crippen LogP contribution in [0, 0.1) is 0 Å². The first-order chi connectivity index (χ1) is 8.99. The predicted molar refractivity (Wildman–Crippen MR) is 68.0 cm³/mol. The highest BCUT2D eigenvalue weighted by molar-refractivity contribution is 5.94. The van der Waals surface area contributed by atoms with Crippen LogP contribution in [0.15, 0.2) is 23.1 Å². The first kappa shape index (κ1) is 13.3. The number of aromatic nitrogens is 1.